The number of carbonyl (C=O) groups excluding carboxylic acids is 2. The van der Waals surface area contributed by atoms with Gasteiger partial charge in [0.1, 0.15) is 59.6 Å². The summed E-state index contributed by atoms with van der Waals surface area (Å²) >= 11 is 8.47. The Labute approximate surface area is 814 Å². The standard InChI is InChI=1S/C20H24N4O3.C20H22N4O2.C16H20N4O2.C16H17N3O.C15H17BrN2O.C4H5ClO.Na.H2O.5H2S/c1-11-12(2)22-14(4)23-19(11)26-13(3)15-5-7-16(8-6-15)18(21)24-27-20(25)17-9-10-17;1-11-12(2)21-14(4)22-19(11)25-13(3)15-5-7-16(8-6-15)18-23-20(26-24-18)17-9-10-17;1-9-10(2)18-12(4)19-16(9)22-11(3)13-5-7-14(8-6-13)15(17)20-21;1-10-11(2)18-13(4)19-16(10)20-12(3)15-7-5-14(9-17)6-8-15;1-9-10(2)17-12(4)18-15(9)19-11(3)13-5-7-14(16)8-6-13;5-4(6)3-1-2-3;;;;;;;/h5-8,13,17H,9-10H2,1-4H3,(H2,21,24);5-8,13,17H,9-10H2,1-4H3;5-8,11,21H,1-4H3,(H2,17,20);5-8,12H,1-4H3;5-8,11H,1-4H3;3H,1-2H2;;6*1H2/q;;;;;;+1;;;;;;/p-1/t2*13-;11-;12-;11-;;;;;;;;/m00000......../s1. The number of halogens is 2. The predicted molar refractivity (Wildman–Crippen MR) is 516 cm³/mol. The van der Waals surface area contributed by atoms with Crippen molar-refractivity contribution in [1.29, 1.82) is 5.26 Å². The minimum Gasteiger partial charge on any atom is -0.870 e. The molecule has 3 aliphatic carbocycles. The summed E-state index contributed by atoms with van der Waals surface area (Å²) in [5, 5.41) is 28.1. The molecule has 3 saturated carbocycles. The number of hydrogen-bond acceptors (Lipinski definition) is 26. The topological polar surface area (TPSA) is 408 Å². The monoisotopic (exact) mass is 1920 g/mol. The van der Waals surface area contributed by atoms with Crippen molar-refractivity contribution >= 4 is 118 Å². The van der Waals surface area contributed by atoms with E-state index in [0.717, 1.165) is 144 Å². The van der Waals surface area contributed by atoms with Crippen LogP contribution >= 0.6 is 95.0 Å². The van der Waals surface area contributed by atoms with E-state index in [-0.39, 0.29) is 168 Å². The predicted octanol–water partition coefficient (Wildman–Crippen LogP) is 16.5. The molecule has 11 aromatic rings. The first-order valence-electron chi connectivity index (χ1n) is 39.6. The number of hydrogen-bond donors (Lipinski definition) is 3. The summed E-state index contributed by atoms with van der Waals surface area (Å²) in [6.07, 6.45) is 5.40. The van der Waals surface area contributed by atoms with Gasteiger partial charge in [-0.2, -0.15) is 103 Å². The Kier molecular flexibility index (Phi) is 47.8. The number of nitrogens with two attached hydrogens (primary N) is 2. The van der Waals surface area contributed by atoms with Gasteiger partial charge in [0.2, 0.25) is 46.4 Å². The van der Waals surface area contributed by atoms with Gasteiger partial charge in [-0.1, -0.05) is 128 Å². The molecule has 5 aromatic carbocycles. The van der Waals surface area contributed by atoms with E-state index in [4.69, 9.17) is 66.6 Å². The molecule has 3 fully saturated rings. The van der Waals surface area contributed by atoms with Gasteiger partial charge in [0.05, 0.1) is 17.6 Å². The molecule has 6 N–H and O–H groups in total. The van der Waals surface area contributed by atoms with Crippen LogP contribution in [0.1, 0.15) is 245 Å². The average Bonchev–Trinajstić information content (AvgIpc) is 1.58. The molecule has 6 aromatic heterocycles. The van der Waals surface area contributed by atoms with Gasteiger partial charge in [0, 0.05) is 89.3 Å². The second-order valence-corrected chi connectivity index (χ2v) is 31.1. The Morgan fingerprint density at radius 1 is 0.441 bits per heavy atom. The number of ether oxygens (including phenoxy) is 5. The first-order chi connectivity index (χ1) is 57.1. The van der Waals surface area contributed by atoms with Crippen molar-refractivity contribution in [3.63, 3.8) is 0 Å². The first-order valence-corrected chi connectivity index (χ1v) is 40.8. The largest absolute Gasteiger partial charge is 1.00 e. The minimum absolute atomic E-state index is 0. The molecule has 6 heterocycles. The van der Waals surface area contributed by atoms with Gasteiger partial charge in [-0.25, -0.2) is 29.7 Å². The smallest absolute Gasteiger partial charge is 0.870 e. The van der Waals surface area contributed by atoms with Crippen LogP contribution in [0, 0.1) is 127 Å². The molecule has 127 heavy (non-hydrogen) atoms. The summed E-state index contributed by atoms with van der Waals surface area (Å²) in [5.41, 5.74) is 28.9. The van der Waals surface area contributed by atoms with Crippen LogP contribution < -0.4 is 64.7 Å². The van der Waals surface area contributed by atoms with Crippen molar-refractivity contribution in [3.8, 4) is 46.9 Å². The van der Waals surface area contributed by atoms with E-state index in [0.29, 0.717) is 81.1 Å². The molecule has 0 radical (unpaired) electrons. The fourth-order valence-electron chi connectivity index (χ4n) is 11.5. The van der Waals surface area contributed by atoms with Crippen molar-refractivity contribution in [2.24, 2.45) is 33.6 Å². The molecular formula is C91H116BrClN17NaO11S5. The SMILES string of the molecule is Cc1nc(C)c(C)c(O[C@@H](C)c2ccc(-c3noc(C4CC4)n3)cc2)n1.Cc1nc(C)c(C)c(O[C@@H](C)c2ccc(/C(N)=N/O)cc2)n1.Cc1nc(C)c(C)c(O[C@@H](C)c2ccc(/C(N)=N/OC(=O)C3CC3)cc2)n1.Cc1nc(C)c(C)c(O[C@@H](C)c2ccc(Br)cc2)n1.Cc1nc(C)c(C)c(O[C@@H](C)c2ccc(C#N)cc2)n1.O=C(Cl)C1CC1.S.S.S.S.S.[Na+].[OH-]. The summed E-state index contributed by atoms with van der Waals surface area (Å²) in [6.45, 7) is 38.8. The number of carbonyl (C=O) groups is 2. The Bertz CT molecular complexity index is 5510. The fourth-order valence-corrected chi connectivity index (χ4v) is 12.0. The molecular weight excluding hydrogens is 1810 g/mol. The van der Waals surface area contributed by atoms with Gasteiger partial charge in [0.15, 0.2) is 11.7 Å². The molecule has 0 bridgehead atoms. The molecule has 0 aliphatic heterocycles. The number of nitrogens with zero attached hydrogens (tertiary/aromatic N) is 15. The molecule has 36 heteroatoms. The van der Waals surface area contributed by atoms with Crippen LogP contribution in [0.4, 0.5) is 0 Å². The molecule has 676 valence electrons. The number of nitriles is 1. The number of benzene rings is 5. The zero-order valence-electron chi connectivity index (χ0n) is 75.6. The normalized spacial score (nSPS) is 13.3. The third-order valence-electron chi connectivity index (χ3n) is 20.1. The van der Waals surface area contributed by atoms with Crippen LogP contribution in [0.2, 0.25) is 0 Å². The van der Waals surface area contributed by atoms with Crippen molar-refractivity contribution in [3.05, 3.63) is 262 Å². The van der Waals surface area contributed by atoms with Crippen molar-refractivity contribution in [2.75, 3.05) is 0 Å². The molecule has 5 atom stereocenters. The van der Waals surface area contributed by atoms with E-state index in [1.807, 2.05) is 236 Å². The Morgan fingerprint density at radius 2 is 0.724 bits per heavy atom. The van der Waals surface area contributed by atoms with Crippen LogP contribution in [0.5, 0.6) is 29.4 Å². The van der Waals surface area contributed by atoms with Crippen LogP contribution in [-0.4, -0.2) is 93.5 Å². The summed E-state index contributed by atoms with van der Waals surface area (Å²) in [4.78, 5) is 74.4. The molecule has 0 spiro atoms. The quantitative estimate of drug-likeness (QED) is 0.0108. The zero-order valence-corrected chi connectivity index (χ0v) is 84.9. The third kappa shape index (κ3) is 34.1. The maximum atomic E-state index is 11.5. The van der Waals surface area contributed by atoms with Crippen LogP contribution in [0.15, 0.2) is 141 Å². The summed E-state index contributed by atoms with van der Waals surface area (Å²) in [7, 11) is 0. The van der Waals surface area contributed by atoms with Gasteiger partial charge in [-0.15, -0.1) is 0 Å². The van der Waals surface area contributed by atoms with Crippen LogP contribution in [-0.2, 0) is 14.4 Å². The number of oxime groups is 2. The second kappa shape index (κ2) is 53.5. The summed E-state index contributed by atoms with van der Waals surface area (Å²) < 4.78 is 36.4. The van der Waals surface area contributed by atoms with E-state index in [9.17, 15) is 9.59 Å². The Morgan fingerprint density at radius 3 is 0.992 bits per heavy atom. The number of rotatable bonds is 22. The Balaban J connectivity index is 0.000000524. The first kappa shape index (κ1) is 114. The van der Waals surface area contributed by atoms with Crippen LogP contribution in [0.3, 0.4) is 0 Å². The summed E-state index contributed by atoms with van der Waals surface area (Å²) in [5.74, 6) is 8.64. The molecule has 3 aliphatic rings. The van der Waals surface area contributed by atoms with Crippen molar-refractivity contribution < 1.29 is 82.9 Å². The molecule has 0 amide bonds. The molecule has 0 saturated heterocycles. The fraction of sp³-hybridized carbons (Fsp3) is 0.374. The van der Waals surface area contributed by atoms with E-state index in [1.54, 1.807) is 24.3 Å². The Hall–Kier alpha value is -9.51. The van der Waals surface area contributed by atoms with Gasteiger partial charge >= 0.3 is 35.5 Å². The van der Waals surface area contributed by atoms with Crippen molar-refractivity contribution in [2.45, 2.75) is 213 Å². The number of aryl methyl sites for hydroxylation is 10. The van der Waals surface area contributed by atoms with Gasteiger partial charge in [-0.05, 0) is 241 Å². The minimum atomic E-state index is -0.317. The summed E-state index contributed by atoms with van der Waals surface area (Å²) in [6, 6.07) is 40.5. The van der Waals surface area contributed by atoms with Gasteiger partial charge in [-0.3, -0.25) is 4.79 Å². The molecule has 28 nitrogen and oxygen atoms in total. The van der Waals surface area contributed by atoms with Gasteiger partial charge < -0.3 is 55.2 Å². The van der Waals surface area contributed by atoms with E-state index in [2.05, 4.69) is 92.3 Å². The van der Waals surface area contributed by atoms with Gasteiger partial charge in [0.25, 0.3) is 0 Å². The van der Waals surface area contributed by atoms with E-state index >= 15 is 0 Å². The number of amidine groups is 2. The van der Waals surface area contributed by atoms with E-state index < -0.39 is 0 Å². The average molecular weight is 1920 g/mol. The van der Waals surface area contributed by atoms with E-state index in [1.165, 1.54) is 0 Å². The molecule has 0 unspecified atom stereocenters. The third-order valence-corrected chi connectivity index (χ3v) is 20.9. The van der Waals surface area contributed by atoms with Crippen molar-refractivity contribution in [1.82, 2.24) is 60.0 Å². The maximum absolute atomic E-state index is 11.5. The second-order valence-electron chi connectivity index (χ2n) is 29.8. The van der Waals surface area contributed by atoms with Crippen LogP contribution in [0.25, 0.3) is 11.4 Å². The zero-order chi connectivity index (χ0) is 87.3. The molecule has 14 rings (SSSR count). The maximum Gasteiger partial charge on any atom is 1.00 e. The number of aromatic nitrogens is 12.